The molecule has 10 heteroatoms. The Morgan fingerprint density at radius 2 is 1.70 bits per heavy atom. The molecule has 3 aliphatic carbocycles. The van der Waals surface area contributed by atoms with Crippen molar-refractivity contribution in [2.75, 3.05) is 33.1 Å². The Balaban J connectivity index is 2.03. The van der Waals surface area contributed by atoms with Gasteiger partial charge >= 0.3 is 0 Å². The van der Waals surface area contributed by atoms with E-state index >= 15 is 0 Å². The summed E-state index contributed by atoms with van der Waals surface area (Å²) in [6.07, 6.45) is 0.306. The number of benzene rings is 1. The molecule has 200 valence electrons. The molecule has 1 aromatic carbocycles. The first-order valence-electron chi connectivity index (χ1n) is 12.2. The van der Waals surface area contributed by atoms with Crippen LogP contribution in [0.4, 0.5) is 5.69 Å². The van der Waals surface area contributed by atoms with E-state index in [4.69, 9.17) is 5.73 Å². The number of nitrogens with zero attached hydrogens (tertiary/aromatic N) is 2. The minimum atomic E-state index is -2.65. The quantitative estimate of drug-likeness (QED) is 0.375. The van der Waals surface area contributed by atoms with Crippen LogP contribution in [0.25, 0.3) is 5.76 Å². The van der Waals surface area contributed by atoms with Crippen LogP contribution < -0.4 is 10.6 Å². The highest BCUT2D eigenvalue weighted by Crippen LogP contribution is 2.54. The molecule has 0 aliphatic heterocycles. The van der Waals surface area contributed by atoms with Crippen molar-refractivity contribution in [3.8, 4) is 5.75 Å². The van der Waals surface area contributed by atoms with Crippen LogP contribution in [0.1, 0.15) is 43.9 Å². The van der Waals surface area contributed by atoms with Gasteiger partial charge in [0.15, 0.2) is 11.4 Å². The van der Waals surface area contributed by atoms with E-state index in [0.29, 0.717) is 11.1 Å². The fraction of sp³-hybridized carbons (Fsp3) is 0.519. The number of carbonyl (C=O) groups is 3. The number of phenolic OH excluding ortho intramolecular Hbond substituents is 1. The second-order valence-electron chi connectivity index (χ2n) is 11.8. The van der Waals surface area contributed by atoms with E-state index in [0.717, 1.165) is 5.69 Å². The largest absolute Gasteiger partial charge is 0.508 e. The number of aliphatic hydroxyl groups is 3. The van der Waals surface area contributed by atoms with Crippen LogP contribution in [0.3, 0.4) is 0 Å². The molecule has 0 spiro atoms. The molecule has 0 radical (unpaired) electrons. The third-order valence-corrected chi connectivity index (χ3v) is 7.99. The van der Waals surface area contributed by atoms with Crippen molar-refractivity contribution in [2.45, 2.75) is 50.7 Å². The number of hydrogen-bond acceptors (Lipinski definition) is 9. The van der Waals surface area contributed by atoms with Crippen molar-refractivity contribution in [1.82, 2.24) is 4.90 Å². The maximum absolute atomic E-state index is 14.0. The summed E-state index contributed by atoms with van der Waals surface area (Å²) in [6.45, 7) is 5.74. The summed E-state index contributed by atoms with van der Waals surface area (Å²) < 4.78 is 0. The van der Waals surface area contributed by atoms with E-state index in [2.05, 4.69) is 0 Å². The van der Waals surface area contributed by atoms with Crippen LogP contribution in [0, 0.1) is 11.8 Å². The van der Waals surface area contributed by atoms with E-state index in [9.17, 15) is 34.8 Å². The lowest BCUT2D eigenvalue weighted by molar-refractivity contribution is -0.153. The van der Waals surface area contributed by atoms with Crippen LogP contribution in [-0.4, -0.2) is 82.6 Å². The molecule has 3 aliphatic rings. The number of aliphatic hydroxyl groups excluding tert-OH is 2. The van der Waals surface area contributed by atoms with Gasteiger partial charge < -0.3 is 31.1 Å². The Bertz CT molecular complexity index is 1300. The Hall–Kier alpha value is -3.37. The van der Waals surface area contributed by atoms with Crippen molar-refractivity contribution in [2.24, 2.45) is 17.6 Å². The van der Waals surface area contributed by atoms with Gasteiger partial charge in [-0.2, -0.15) is 0 Å². The Morgan fingerprint density at radius 3 is 2.19 bits per heavy atom. The number of primary amides is 1. The van der Waals surface area contributed by atoms with Gasteiger partial charge in [-0.15, -0.1) is 0 Å². The molecule has 1 fully saturated rings. The number of rotatable bonds is 3. The number of ketones is 2. The highest BCUT2D eigenvalue weighted by Gasteiger charge is 2.64. The lowest BCUT2D eigenvalue weighted by Crippen LogP contribution is -2.65. The van der Waals surface area contributed by atoms with E-state index < -0.39 is 63.5 Å². The molecule has 1 saturated carbocycles. The average molecular weight is 514 g/mol. The van der Waals surface area contributed by atoms with E-state index in [1.165, 1.54) is 4.90 Å². The van der Waals surface area contributed by atoms with E-state index in [-0.39, 0.29) is 29.7 Å². The number of likely N-dealkylation sites (N-methyl/N-ethyl adjacent to an activating group) is 1. The Morgan fingerprint density at radius 1 is 1.11 bits per heavy atom. The normalized spacial score (nSPS) is 27.8. The summed E-state index contributed by atoms with van der Waals surface area (Å²) >= 11 is 0. The topological polar surface area (TPSA) is 165 Å². The fourth-order valence-electron chi connectivity index (χ4n) is 6.26. The number of aromatic hydroxyl groups is 1. The molecule has 10 nitrogen and oxygen atoms in total. The second-order valence-corrected chi connectivity index (χ2v) is 11.8. The molecule has 0 unspecified atom stereocenters. The van der Waals surface area contributed by atoms with Gasteiger partial charge in [0.25, 0.3) is 5.91 Å². The molecule has 0 bridgehead atoms. The molecular formula is C27H35N3O7. The molecule has 0 aromatic heterocycles. The van der Waals surface area contributed by atoms with Crippen molar-refractivity contribution >= 4 is 28.9 Å². The predicted molar refractivity (Wildman–Crippen MR) is 137 cm³/mol. The molecule has 37 heavy (non-hydrogen) atoms. The summed E-state index contributed by atoms with van der Waals surface area (Å²) in [5, 5.41) is 45.4. The van der Waals surface area contributed by atoms with Crippen LogP contribution in [0.2, 0.25) is 0 Å². The van der Waals surface area contributed by atoms with Gasteiger partial charge in [0, 0.05) is 36.8 Å². The van der Waals surface area contributed by atoms with E-state index in [1.807, 2.05) is 45.8 Å². The number of nitrogens with two attached hydrogens (primary N) is 1. The van der Waals surface area contributed by atoms with Gasteiger partial charge in [-0.05, 0) is 49.9 Å². The molecule has 0 saturated heterocycles. The molecule has 4 atom stereocenters. The molecule has 1 aromatic rings. The summed E-state index contributed by atoms with van der Waals surface area (Å²) in [7, 11) is 6.83. The summed E-state index contributed by atoms with van der Waals surface area (Å²) in [5.41, 5.74) is 3.32. The standard InChI is InChI=1S/C27H35N3O7/c1-26(2,3)14-10-15(29(4)5)12-8-11-9-13-19(30(6)7)22(33)18(25(28)36)24(35)27(13,37)23(34)16(11)21(32)17(12)20(14)31/h10-11,13,19,31-32,35,37H,8-9H2,1-7H3,(H2,28,36)/t11-,13-,19-,27-/m0/s1. The van der Waals surface area contributed by atoms with Crippen LogP contribution >= 0.6 is 0 Å². The van der Waals surface area contributed by atoms with Crippen molar-refractivity contribution < 1.29 is 34.8 Å². The number of fused-ring (bicyclic) bond motifs is 3. The van der Waals surface area contributed by atoms with Gasteiger partial charge in [-0.25, -0.2) is 0 Å². The third kappa shape index (κ3) is 3.57. The van der Waals surface area contributed by atoms with Crippen LogP contribution in [0.15, 0.2) is 23.0 Å². The van der Waals surface area contributed by atoms with Crippen molar-refractivity contribution in [3.63, 3.8) is 0 Å². The van der Waals surface area contributed by atoms with Gasteiger partial charge in [-0.3, -0.25) is 19.3 Å². The van der Waals surface area contributed by atoms with Crippen LogP contribution in [-0.2, 0) is 26.2 Å². The average Bonchev–Trinajstić information content (AvgIpc) is 2.74. The maximum atomic E-state index is 14.0. The van der Waals surface area contributed by atoms with Crippen molar-refractivity contribution in [1.29, 1.82) is 0 Å². The van der Waals surface area contributed by atoms with E-state index in [1.54, 1.807) is 14.1 Å². The number of carbonyl (C=O) groups excluding carboxylic acids is 3. The zero-order valence-electron chi connectivity index (χ0n) is 22.2. The van der Waals surface area contributed by atoms with Gasteiger partial charge in [0.1, 0.15) is 22.8 Å². The number of phenols is 1. The maximum Gasteiger partial charge on any atom is 0.255 e. The molecular weight excluding hydrogens is 478 g/mol. The molecule has 4 rings (SSSR count). The first-order chi connectivity index (χ1) is 17.0. The Labute approximate surface area is 215 Å². The number of hydrogen-bond donors (Lipinski definition) is 5. The molecule has 6 N–H and O–H groups in total. The molecule has 0 heterocycles. The minimum absolute atomic E-state index is 0.0560. The highest BCUT2D eigenvalue weighted by molar-refractivity contribution is 6.24. The molecule has 1 amide bonds. The van der Waals surface area contributed by atoms with Gasteiger partial charge in [-0.1, -0.05) is 20.8 Å². The number of Topliss-reactive ketones (excluding diaryl/α,β-unsaturated/α-hetero) is 2. The number of amides is 1. The lowest BCUT2D eigenvalue weighted by Gasteiger charge is -2.50. The second kappa shape index (κ2) is 8.32. The first kappa shape index (κ1) is 26.7. The van der Waals surface area contributed by atoms with Gasteiger partial charge in [0.2, 0.25) is 5.78 Å². The SMILES string of the molecule is CN(C)c1cc(C(C)(C)C)c(O)c2c1C[C@H]1C[C@H]3[C@H](N(C)C)C(=O)C(C(N)=O)=C(O)[C@@]3(O)C(=O)C1=C2O. The fourth-order valence-corrected chi connectivity index (χ4v) is 6.26. The zero-order valence-corrected chi connectivity index (χ0v) is 22.2. The minimum Gasteiger partial charge on any atom is -0.508 e. The van der Waals surface area contributed by atoms with Gasteiger partial charge in [0.05, 0.1) is 11.6 Å². The Kier molecular flexibility index (Phi) is 6.00. The summed E-state index contributed by atoms with van der Waals surface area (Å²) in [5.74, 6) is -6.49. The first-order valence-corrected chi connectivity index (χ1v) is 12.2. The summed E-state index contributed by atoms with van der Waals surface area (Å²) in [6, 6.07) is 0.760. The monoisotopic (exact) mass is 513 g/mol. The predicted octanol–water partition coefficient (Wildman–Crippen LogP) is 1.33. The smallest absolute Gasteiger partial charge is 0.255 e. The number of anilines is 1. The summed E-state index contributed by atoms with van der Waals surface area (Å²) in [4.78, 5) is 42.6. The van der Waals surface area contributed by atoms with Crippen LogP contribution in [0.5, 0.6) is 5.75 Å². The van der Waals surface area contributed by atoms with Crippen molar-refractivity contribution in [3.05, 3.63) is 39.7 Å². The zero-order chi connectivity index (χ0) is 27.9. The highest BCUT2D eigenvalue weighted by atomic mass is 16.3. The lowest BCUT2D eigenvalue weighted by atomic mass is 9.57. The third-order valence-electron chi connectivity index (χ3n) is 7.99.